The highest BCUT2D eigenvalue weighted by Gasteiger charge is 2.23. The van der Waals surface area contributed by atoms with Crippen LogP contribution in [0.1, 0.15) is 33.6 Å². The molecular formula is C19H18ClN3O4. The maximum atomic E-state index is 12.8. The molecule has 8 heteroatoms. The van der Waals surface area contributed by atoms with Crippen LogP contribution in [0.25, 0.3) is 0 Å². The molecule has 0 aromatic heterocycles. The van der Waals surface area contributed by atoms with Gasteiger partial charge in [0.15, 0.2) is 11.5 Å². The second-order valence-electron chi connectivity index (χ2n) is 6.44. The van der Waals surface area contributed by atoms with Crippen molar-refractivity contribution in [3.05, 3.63) is 46.5 Å². The summed E-state index contributed by atoms with van der Waals surface area (Å²) < 4.78 is 10.6. The van der Waals surface area contributed by atoms with Crippen LogP contribution in [0.4, 0.5) is 11.4 Å². The minimum Gasteiger partial charge on any atom is -0.454 e. The van der Waals surface area contributed by atoms with Gasteiger partial charge in [-0.15, -0.1) is 0 Å². The van der Waals surface area contributed by atoms with Crippen molar-refractivity contribution in [2.24, 2.45) is 5.73 Å². The molecule has 0 aliphatic carbocycles. The molecule has 2 amide bonds. The Kier molecular flexibility index (Phi) is 4.53. The first kappa shape index (κ1) is 17.5. The van der Waals surface area contributed by atoms with Gasteiger partial charge in [-0.3, -0.25) is 9.59 Å². The van der Waals surface area contributed by atoms with Crippen molar-refractivity contribution in [3.8, 4) is 11.5 Å². The minimum absolute atomic E-state index is 0.0693. The highest BCUT2D eigenvalue weighted by atomic mass is 35.5. The number of hydrogen-bond donors (Lipinski definition) is 2. The highest BCUT2D eigenvalue weighted by Crippen LogP contribution is 2.40. The molecule has 7 nitrogen and oxygen atoms in total. The van der Waals surface area contributed by atoms with Gasteiger partial charge < -0.3 is 25.4 Å². The molecule has 0 atom stereocenters. The van der Waals surface area contributed by atoms with E-state index in [1.54, 1.807) is 18.2 Å². The van der Waals surface area contributed by atoms with Crippen LogP contribution >= 0.6 is 11.6 Å². The molecule has 0 bridgehead atoms. The molecule has 0 saturated carbocycles. The van der Waals surface area contributed by atoms with E-state index in [2.05, 4.69) is 10.2 Å². The second kappa shape index (κ2) is 7.00. The van der Waals surface area contributed by atoms with Gasteiger partial charge in [0.05, 0.1) is 16.4 Å². The molecule has 4 rings (SSSR count). The van der Waals surface area contributed by atoms with Crippen molar-refractivity contribution >= 4 is 34.8 Å². The molecule has 140 valence electrons. The van der Waals surface area contributed by atoms with Crippen LogP contribution in [-0.4, -0.2) is 31.7 Å². The fraction of sp³-hybridized carbons (Fsp3) is 0.263. The molecule has 1 fully saturated rings. The Hall–Kier alpha value is -2.93. The Morgan fingerprint density at radius 3 is 2.59 bits per heavy atom. The van der Waals surface area contributed by atoms with Gasteiger partial charge in [0.1, 0.15) is 0 Å². The largest absolute Gasteiger partial charge is 0.454 e. The summed E-state index contributed by atoms with van der Waals surface area (Å²) in [6.45, 7) is 1.86. The smallest absolute Gasteiger partial charge is 0.255 e. The van der Waals surface area contributed by atoms with Gasteiger partial charge in [-0.2, -0.15) is 0 Å². The number of carbonyl (C=O) groups is 2. The molecule has 1 saturated heterocycles. The molecule has 2 heterocycles. The van der Waals surface area contributed by atoms with Crippen LogP contribution < -0.4 is 25.4 Å². The van der Waals surface area contributed by atoms with Crippen molar-refractivity contribution in [1.29, 1.82) is 0 Å². The summed E-state index contributed by atoms with van der Waals surface area (Å²) in [6, 6.07) is 8.19. The quantitative estimate of drug-likeness (QED) is 0.841. The van der Waals surface area contributed by atoms with Crippen molar-refractivity contribution in [2.45, 2.75) is 12.8 Å². The second-order valence-corrected chi connectivity index (χ2v) is 6.84. The summed E-state index contributed by atoms with van der Waals surface area (Å²) in [7, 11) is 0. The number of nitrogens with zero attached hydrogens (tertiary/aromatic N) is 1. The zero-order valence-electron chi connectivity index (χ0n) is 14.5. The van der Waals surface area contributed by atoms with E-state index in [0.717, 1.165) is 31.6 Å². The fourth-order valence-corrected chi connectivity index (χ4v) is 3.58. The van der Waals surface area contributed by atoms with Gasteiger partial charge >= 0.3 is 0 Å². The van der Waals surface area contributed by atoms with Gasteiger partial charge in [-0.1, -0.05) is 11.6 Å². The first-order valence-electron chi connectivity index (χ1n) is 8.62. The summed E-state index contributed by atoms with van der Waals surface area (Å²) >= 11 is 6.17. The summed E-state index contributed by atoms with van der Waals surface area (Å²) in [4.78, 5) is 26.5. The van der Waals surface area contributed by atoms with Crippen LogP contribution in [-0.2, 0) is 0 Å². The van der Waals surface area contributed by atoms with Gasteiger partial charge in [0.2, 0.25) is 12.7 Å². The maximum absolute atomic E-state index is 12.8. The molecule has 27 heavy (non-hydrogen) atoms. The lowest BCUT2D eigenvalue weighted by Crippen LogP contribution is -2.22. The Balaban J connectivity index is 1.66. The van der Waals surface area contributed by atoms with Gasteiger partial charge in [0, 0.05) is 24.2 Å². The van der Waals surface area contributed by atoms with E-state index >= 15 is 0 Å². The fourth-order valence-electron chi connectivity index (χ4n) is 3.32. The SMILES string of the molecule is NC(=O)c1ccc(N2CCCC2)c(NC(=O)c2cc(Cl)c3c(c2)OCO3)c1. The Labute approximate surface area is 161 Å². The molecule has 0 spiro atoms. The lowest BCUT2D eigenvalue weighted by Gasteiger charge is -2.22. The summed E-state index contributed by atoms with van der Waals surface area (Å²) in [5, 5.41) is 3.18. The third-order valence-electron chi connectivity index (χ3n) is 4.67. The van der Waals surface area contributed by atoms with Crippen molar-refractivity contribution in [1.82, 2.24) is 0 Å². The summed E-state index contributed by atoms with van der Waals surface area (Å²) in [6.07, 6.45) is 2.17. The van der Waals surface area contributed by atoms with E-state index in [1.807, 2.05) is 6.07 Å². The predicted octanol–water partition coefficient (Wildman–Crippen LogP) is 3.02. The highest BCUT2D eigenvalue weighted by molar-refractivity contribution is 6.33. The molecule has 2 aliphatic rings. The number of amides is 2. The van der Waals surface area contributed by atoms with Crippen LogP contribution in [0.3, 0.4) is 0 Å². The summed E-state index contributed by atoms with van der Waals surface area (Å²) in [5.41, 5.74) is 7.45. The third kappa shape index (κ3) is 3.38. The number of anilines is 2. The van der Waals surface area contributed by atoms with Crippen LogP contribution in [0, 0.1) is 0 Å². The summed E-state index contributed by atoms with van der Waals surface area (Å²) in [5.74, 6) is -0.0538. The van der Waals surface area contributed by atoms with E-state index < -0.39 is 5.91 Å². The van der Waals surface area contributed by atoms with Crippen LogP contribution in [0.15, 0.2) is 30.3 Å². The monoisotopic (exact) mass is 387 g/mol. The van der Waals surface area contributed by atoms with Crippen LogP contribution in [0.5, 0.6) is 11.5 Å². The molecule has 0 unspecified atom stereocenters. The van der Waals surface area contributed by atoms with Crippen molar-refractivity contribution in [3.63, 3.8) is 0 Å². The first-order chi connectivity index (χ1) is 13.0. The van der Waals surface area contributed by atoms with Gasteiger partial charge in [-0.25, -0.2) is 0 Å². The number of hydrogen-bond acceptors (Lipinski definition) is 5. The molecule has 3 N–H and O–H groups in total. The third-order valence-corrected chi connectivity index (χ3v) is 4.95. The van der Waals surface area contributed by atoms with Crippen molar-refractivity contribution in [2.75, 3.05) is 30.1 Å². The average Bonchev–Trinajstić information content (AvgIpc) is 3.33. The van der Waals surface area contributed by atoms with E-state index in [0.29, 0.717) is 33.3 Å². The molecular weight excluding hydrogens is 370 g/mol. The van der Waals surface area contributed by atoms with E-state index in [-0.39, 0.29) is 12.7 Å². The molecule has 2 aromatic carbocycles. The van der Waals surface area contributed by atoms with E-state index in [9.17, 15) is 9.59 Å². The Morgan fingerprint density at radius 1 is 1.07 bits per heavy atom. The standard InChI is InChI=1S/C19H18ClN3O4/c20-13-7-12(9-16-17(13)27-10-26-16)19(25)22-14-8-11(18(21)24)3-4-15(14)23-5-1-2-6-23/h3-4,7-9H,1-2,5-6,10H2,(H2,21,24)(H,22,25). The Morgan fingerprint density at radius 2 is 1.85 bits per heavy atom. The number of nitrogens with two attached hydrogens (primary N) is 1. The maximum Gasteiger partial charge on any atom is 0.255 e. The molecule has 0 radical (unpaired) electrons. The minimum atomic E-state index is -0.551. The number of fused-ring (bicyclic) bond motifs is 1. The van der Waals surface area contributed by atoms with Gasteiger partial charge in [-0.05, 0) is 43.2 Å². The number of ether oxygens (including phenoxy) is 2. The van der Waals surface area contributed by atoms with Crippen LogP contribution in [0.2, 0.25) is 5.02 Å². The lowest BCUT2D eigenvalue weighted by atomic mass is 10.1. The number of primary amides is 1. The molecule has 2 aliphatic heterocycles. The number of carbonyl (C=O) groups excluding carboxylic acids is 2. The number of nitrogens with one attached hydrogen (secondary N) is 1. The lowest BCUT2D eigenvalue weighted by molar-refractivity contribution is 0.0996. The predicted molar refractivity (Wildman–Crippen MR) is 102 cm³/mol. The first-order valence-corrected chi connectivity index (χ1v) is 9.00. The van der Waals surface area contributed by atoms with Gasteiger partial charge in [0.25, 0.3) is 5.91 Å². The average molecular weight is 388 g/mol. The normalized spacial score (nSPS) is 15.1. The number of halogens is 1. The number of rotatable bonds is 4. The zero-order chi connectivity index (χ0) is 19.0. The number of benzene rings is 2. The zero-order valence-corrected chi connectivity index (χ0v) is 15.2. The topological polar surface area (TPSA) is 93.9 Å². The van der Waals surface area contributed by atoms with E-state index in [1.165, 1.54) is 6.07 Å². The molecule has 2 aromatic rings. The van der Waals surface area contributed by atoms with Crippen molar-refractivity contribution < 1.29 is 19.1 Å². The van der Waals surface area contributed by atoms with E-state index in [4.69, 9.17) is 26.8 Å². The Bertz CT molecular complexity index is 925.